The lowest BCUT2D eigenvalue weighted by molar-refractivity contribution is 0.281. The highest BCUT2D eigenvalue weighted by molar-refractivity contribution is 5.60. The van der Waals surface area contributed by atoms with E-state index in [-0.39, 0.29) is 12.6 Å². The Labute approximate surface area is 139 Å². The van der Waals surface area contributed by atoms with E-state index in [4.69, 9.17) is 0 Å². The van der Waals surface area contributed by atoms with E-state index in [1.807, 2.05) is 49.4 Å². The average Bonchev–Trinajstić information content (AvgIpc) is 2.63. The molecule has 3 aromatic rings. The molecule has 24 heavy (non-hydrogen) atoms. The number of hydrogen-bond acceptors (Lipinski definition) is 7. The smallest absolute Gasteiger partial charge is 0.232 e. The minimum Gasteiger partial charge on any atom is -0.394 e. The van der Waals surface area contributed by atoms with Crippen molar-refractivity contribution in [1.82, 2.24) is 19.9 Å². The molecule has 1 atom stereocenters. The number of aliphatic hydroxyl groups excluding tert-OH is 1. The van der Waals surface area contributed by atoms with Gasteiger partial charge in [0.2, 0.25) is 11.9 Å². The van der Waals surface area contributed by atoms with E-state index in [1.165, 1.54) is 0 Å². The molecule has 1 aromatic carbocycles. The Morgan fingerprint density at radius 1 is 0.958 bits per heavy atom. The van der Waals surface area contributed by atoms with Gasteiger partial charge in [-0.2, -0.15) is 15.0 Å². The van der Waals surface area contributed by atoms with E-state index >= 15 is 0 Å². The van der Waals surface area contributed by atoms with Gasteiger partial charge < -0.3 is 15.7 Å². The first kappa shape index (κ1) is 15.8. The lowest BCUT2D eigenvalue weighted by Gasteiger charge is -2.13. The maximum absolute atomic E-state index is 9.23. The second kappa shape index (κ2) is 7.47. The van der Waals surface area contributed by atoms with Gasteiger partial charge in [-0.1, -0.05) is 30.3 Å². The molecule has 7 heteroatoms. The minimum absolute atomic E-state index is 0.0144. The zero-order valence-corrected chi connectivity index (χ0v) is 13.2. The summed E-state index contributed by atoms with van der Waals surface area (Å²) < 4.78 is 0. The zero-order valence-electron chi connectivity index (χ0n) is 13.2. The molecule has 3 rings (SSSR count). The standard InChI is InChI=1S/C17H18N6O/c1-12(11-24)19-16-21-15(13-5-3-2-4-6-13)22-17(23-16)20-14-7-9-18-10-8-14/h2-10,12,24H,11H2,1H3,(H2,18,19,20,21,22,23). The van der Waals surface area contributed by atoms with E-state index in [1.54, 1.807) is 12.4 Å². The Morgan fingerprint density at radius 3 is 2.38 bits per heavy atom. The van der Waals surface area contributed by atoms with Crippen LogP contribution in [0, 0.1) is 0 Å². The molecule has 122 valence electrons. The number of benzene rings is 1. The highest BCUT2D eigenvalue weighted by Gasteiger charge is 2.10. The van der Waals surface area contributed by atoms with Crippen LogP contribution in [0.15, 0.2) is 54.9 Å². The van der Waals surface area contributed by atoms with Gasteiger partial charge in [-0.05, 0) is 19.1 Å². The molecule has 3 N–H and O–H groups in total. The van der Waals surface area contributed by atoms with Crippen LogP contribution in [0.25, 0.3) is 11.4 Å². The molecule has 0 fully saturated rings. The van der Waals surface area contributed by atoms with Crippen molar-refractivity contribution < 1.29 is 5.11 Å². The van der Waals surface area contributed by atoms with Crippen LogP contribution >= 0.6 is 0 Å². The molecule has 0 aliphatic carbocycles. The van der Waals surface area contributed by atoms with Crippen molar-refractivity contribution in [3.8, 4) is 11.4 Å². The van der Waals surface area contributed by atoms with Crippen LogP contribution in [0.4, 0.5) is 17.6 Å². The van der Waals surface area contributed by atoms with Gasteiger partial charge in [0.05, 0.1) is 6.61 Å². The van der Waals surface area contributed by atoms with Gasteiger partial charge in [-0.15, -0.1) is 0 Å². The van der Waals surface area contributed by atoms with Gasteiger partial charge >= 0.3 is 0 Å². The summed E-state index contributed by atoms with van der Waals surface area (Å²) >= 11 is 0. The number of pyridine rings is 1. The van der Waals surface area contributed by atoms with Crippen LogP contribution < -0.4 is 10.6 Å². The Hall–Kier alpha value is -3.06. The normalized spacial score (nSPS) is 11.8. The van der Waals surface area contributed by atoms with Gasteiger partial charge in [-0.25, -0.2) is 0 Å². The molecule has 0 saturated carbocycles. The first-order valence-corrected chi connectivity index (χ1v) is 7.60. The van der Waals surface area contributed by atoms with Crippen molar-refractivity contribution in [2.45, 2.75) is 13.0 Å². The molecule has 0 radical (unpaired) electrons. The van der Waals surface area contributed by atoms with E-state index in [9.17, 15) is 5.11 Å². The number of nitrogens with zero attached hydrogens (tertiary/aromatic N) is 4. The number of aromatic nitrogens is 4. The fraction of sp³-hybridized carbons (Fsp3) is 0.176. The fourth-order valence-electron chi connectivity index (χ4n) is 2.04. The summed E-state index contributed by atoms with van der Waals surface area (Å²) in [5.74, 6) is 1.37. The monoisotopic (exact) mass is 322 g/mol. The largest absolute Gasteiger partial charge is 0.394 e. The summed E-state index contributed by atoms with van der Waals surface area (Å²) in [6.45, 7) is 1.83. The molecule has 0 aliphatic heterocycles. The first-order valence-electron chi connectivity index (χ1n) is 7.60. The van der Waals surface area contributed by atoms with E-state index < -0.39 is 0 Å². The van der Waals surface area contributed by atoms with Crippen LogP contribution in [0.5, 0.6) is 0 Å². The van der Waals surface area contributed by atoms with Gasteiger partial charge in [0, 0.05) is 29.7 Å². The Balaban J connectivity index is 1.96. The number of aliphatic hydroxyl groups is 1. The predicted molar refractivity (Wildman–Crippen MR) is 93.0 cm³/mol. The lowest BCUT2D eigenvalue weighted by Crippen LogP contribution is -2.21. The minimum atomic E-state index is -0.162. The Morgan fingerprint density at radius 2 is 1.67 bits per heavy atom. The Kier molecular flexibility index (Phi) is 4.93. The molecule has 0 saturated heterocycles. The van der Waals surface area contributed by atoms with E-state index in [0.717, 1.165) is 11.3 Å². The molecular weight excluding hydrogens is 304 g/mol. The molecule has 0 amide bonds. The number of nitrogens with one attached hydrogen (secondary N) is 2. The summed E-state index contributed by atoms with van der Waals surface area (Å²) in [6, 6.07) is 13.2. The van der Waals surface area contributed by atoms with Crippen molar-refractivity contribution in [2.24, 2.45) is 0 Å². The van der Waals surface area contributed by atoms with Gasteiger partial charge in [0.1, 0.15) is 0 Å². The van der Waals surface area contributed by atoms with Gasteiger partial charge in [-0.3, -0.25) is 4.98 Å². The van der Waals surface area contributed by atoms with Crippen molar-refractivity contribution in [2.75, 3.05) is 17.2 Å². The third-order valence-electron chi connectivity index (χ3n) is 3.25. The molecule has 0 aliphatic rings. The average molecular weight is 322 g/mol. The molecule has 0 bridgehead atoms. The van der Waals surface area contributed by atoms with Crippen molar-refractivity contribution in [3.05, 3.63) is 54.9 Å². The Bertz CT molecular complexity index is 782. The van der Waals surface area contributed by atoms with Crippen molar-refractivity contribution >= 4 is 17.6 Å². The summed E-state index contributed by atoms with van der Waals surface area (Å²) in [5, 5.41) is 15.4. The van der Waals surface area contributed by atoms with Crippen molar-refractivity contribution in [3.63, 3.8) is 0 Å². The molecule has 2 aromatic heterocycles. The predicted octanol–water partition coefficient (Wildman–Crippen LogP) is 2.47. The van der Waals surface area contributed by atoms with E-state index in [0.29, 0.717) is 17.7 Å². The zero-order chi connectivity index (χ0) is 16.8. The summed E-state index contributed by atoms with van der Waals surface area (Å²) in [6.07, 6.45) is 3.38. The first-order chi connectivity index (χ1) is 11.7. The molecule has 0 spiro atoms. The molecule has 2 heterocycles. The maximum Gasteiger partial charge on any atom is 0.232 e. The van der Waals surface area contributed by atoms with Crippen LogP contribution in [-0.2, 0) is 0 Å². The quantitative estimate of drug-likeness (QED) is 0.641. The highest BCUT2D eigenvalue weighted by Crippen LogP contribution is 2.20. The molecule has 7 nitrogen and oxygen atoms in total. The third kappa shape index (κ3) is 4.02. The van der Waals surface area contributed by atoms with Gasteiger partial charge in [0.25, 0.3) is 0 Å². The molecular formula is C17H18N6O. The van der Waals surface area contributed by atoms with Crippen LogP contribution in [0.1, 0.15) is 6.92 Å². The summed E-state index contributed by atoms with van der Waals surface area (Å²) in [4.78, 5) is 17.3. The van der Waals surface area contributed by atoms with Crippen LogP contribution in [-0.4, -0.2) is 37.7 Å². The second-order valence-corrected chi connectivity index (χ2v) is 5.26. The number of hydrogen-bond donors (Lipinski definition) is 3. The highest BCUT2D eigenvalue weighted by atomic mass is 16.3. The van der Waals surface area contributed by atoms with Crippen LogP contribution in [0.2, 0.25) is 0 Å². The summed E-state index contributed by atoms with van der Waals surface area (Å²) in [7, 11) is 0. The van der Waals surface area contributed by atoms with E-state index in [2.05, 4.69) is 30.6 Å². The SMILES string of the molecule is CC(CO)Nc1nc(Nc2ccncc2)nc(-c2ccccc2)n1. The van der Waals surface area contributed by atoms with Crippen molar-refractivity contribution in [1.29, 1.82) is 0 Å². The topological polar surface area (TPSA) is 95.8 Å². The summed E-state index contributed by atoms with van der Waals surface area (Å²) in [5.41, 5.74) is 1.72. The lowest BCUT2D eigenvalue weighted by atomic mass is 10.2. The second-order valence-electron chi connectivity index (χ2n) is 5.26. The number of anilines is 3. The maximum atomic E-state index is 9.23. The van der Waals surface area contributed by atoms with Gasteiger partial charge in [0.15, 0.2) is 5.82 Å². The molecule has 1 unspecified atom stereocenters. The third-order valence-corrected chi connectivity index (χ3v) is 3.25. The fourth-order valence-corrected chi connectivity index (χ4v) is 2.04. The van der Waals surface area contributed by atoms with Crippen LogP contribution in [0.3, 0.4) is 0 Å². The number of rotatable bonds is 6.